The van der Waals surface area contributed by atoms with E-state index in [1.807, 2.05) is 37.3 Å². The van der Waals surface area contributed by atoms with Gasteiger partial charge in [0.25, 0.3) is 5.91 Å². The summed E-state index contributed by atoms with van der Waals surface area (Å²) >= 11 is 0. The second-order valence-electron chi connectivity index (χ2n) is 5.68. The van der Waals surface area contributed by atoms with Gasteiger partial charge >= 0.3 is 0 Å². The van der Waals surface area contributed by atoms with Crippen LogP contribution in [0.4, 0.5) is 5.69 Å². The number of rotatable bonds is 2. The molecule has 0 fully saturated rings. The van der Waals surface area contributed by atoms with E-state index in [2.05, 4.69) is 5.32 Å². The Labute approximate surface area is 129 Å². The number of amides is 1. The zero-order valence-corrected chi connectivity index (χ0v) is 12.4. The first-order valence-electron chi connectivity index (χ1n) is 7.55. The van der Waals surface area contributed by atoms with Gasteiger partial charge in [-0.1, -0.05) is 18.2 Å². The minimum atomic E-state index is -0.101. The summed E-state index contributed by atoms with van der Waals surface area (Å²) in [5, 5.41) is 3.06. The highest BCUT2D eigenvalue weighted by Crippen LogP contribution is 2.44. The predicted octanol–water partition coefficient (Wildman–Crippen LogP) is 3.12. The van der Waals surface area contributed by atoms with Crippen molar-refractivity contribution < 1.29 is 14.3 Å². The van der Waals surface area contributed by atoms with E-state index >= 15 is 0 Å². The molecule has 0 aliphatic carbocycles. The monoisotopic (exact) mass is 295 g/mol. The van der Waals surface area contributed by atoms with Crippen LogP contribution in [-0.2, 0) is 12.8 Å². The summed E-state index contributed by atoms with van der Waals surface area (Å²) in [5.41, 5.74) is 4.59. The minimum absolute atomic E-state index is 0.101. The van der Waals surface area contributed by atoms with Crippen molar-refractivity contribution in [1.29, 1.82) is 0 Å². The Morgan fingerprint density at radius 2 is 1.95 bits per heavy atom. The van der Waals surface area contributed by atoms with Crippen molar-refractivity contribution in [1.82, 2.24) is 0 Å². The standard InChI is InChI=1S/C18H17NO3/c1-11-4-2-3-5-13(11)18(20)19-16-14-7-9-21-15(14)10-12-6-8-22-17(12)16/h2-5,10H,6-9H2,1H3,(H,19,20). The third kappa shape index (κ3) is 2.03. The molecule has 4 rings (SSSR count). The number of anilines is 1. The third-order valence-corrected chi connectivity index (χ3v) is 4.28. The SMILES string of the molecule is Cc1ccccc1C(=O)Nc1c2c(cc3c1OCC3)OCC2. The van der Waals surface area contributed by atoms with Crippen molar-refractivity contribution in [2.45, 2.75) is 19.8 Å². The molecule has 0 saturated carbocycles. The highest BCUT2D eigenvalue weighted by molar-refractivity contribution is 6.06. The summed E-state index contributed by atoms with van der Waals surface area (Å²) in [7, 11) is 0. The van der Waals surface area contributed by atoms with Gasteiger partial charge < -0.3 is 14.8 Å². The van der Waals surface area contributed by atoms with Gasteiger partial charge in [-0.25, -0.2) is 0 Å². The second kappa shape index (κ2) is 5.05. The number of fused-ring (bicyclic) bond motifs is 2. The third-order valence-electron chi connectivity index (χ3n) is 4.28. The molecule has 0 radical (unpaired) electrons. The molecular formula is C18H17NO3. The van der Waals surface area contributed by atoms with E-state index in [0.717, 1.165) is 46.7 Å². The molecule has 0 spiro atoms. The fraction of sp³-hybridized carbons (Fsp3) is 0.278. The fourth-order valence-corrected chi connectivity index (χ4v) is 3.13. The molecular weight excluding hydrogens is 278 g/mol. The molecule has 0 atom stereocenters. The van der Waals surface area contributed by atoms with Gasteiger partial charge in [0.1, 0.15) is 11.5 Å². The lowest BCUT2D eigenvalue weighted by atomic mass is 10.0. The van der Waals surface area contributed by atoms with Crippen LogP contribution in [0.5, 0.6) is 11.5 Å². The summed E-state index contributed by atoms with van der Waals surface area (Å²) in [6, 6.07) is 9.64. The molecule has 4 heteroatoms. The van der Waals surface area contributed by atoms with Crippen LogP contribution in [0.3, 0.4) is 0 Å². The maximum absolute atomic E-state index is 12.6. The first kappa shape index (κ1) is 13.2. The number of ether oxygens (including phenoxy) is 2. The van der Waals surface area contributed by atoms with E-state index in [-0.39, 0.29) is 5.91 Å². The minimum Gasteiger partial charge on any atom is -0.493 e. The average molecular weight is 295 g/mol. The molecule has 0 aromatic heterocycles. The number of hydrogen-bond donors (Lipinski definition) is 1. The van der Waals surface area contributed by atoms with Crippen LogP contribution in [-0.4, -0.2) is 19.1 Å². The number of carbonyl (C=O) groups is 1. The summed E-state index contributed by atoms with van der Waals surface area (Å²) in [6.45, 7) is 3.26. The van der Waals surface area contributed by atoms with Crippen molar-refractivity contribution in [2.75, 3.05) is 18.5 Å². The van der Waals surface area contributed by atoms with Crippen molar-refractivity contribution >= 4 is 11.6 Å². The van der Waals surface area contributed by atoms with Gasteiger partial charge in [0.05, 0.1) is 18.9 Å². The maximum atomic E-state index is 12.6. The zero-order chi connectivity index (χ0) is 15.1. The van der Waals surface area contributed by atoms with E-state index in [9.17, 15) is 4.79 Å². The van der Waals surface area contributed by atoms with Crippen LogP contribution in [0.25, 0.3) is 0 Å². The maximum Gasteiger partial charge on any atom is 0.256 e. The molecule has 1 amide bonds. The van der Waals surface area contributed by atoms with Crippen molar-refractivity contribution in [2.24, 2.45) is 0 Å². The quantitative estimate of drug-likeness (QED) is 0.926. The van der Waals surface area contributed by atoms with Crippen LogP contribution in [0.2, 0.25) is 0 Å². The number of benzene rings is 2. The summed E-state index contributed by atoms with van der Waals surface area (Å²) in [6.07, 6.45) is 1.66. The van der Waals surface area contributed by atoms with Crippen LogP contribution in [0.1, 0.15) is 27.0 Å². The Kier molecular flexibility index (Phi) is 3.03. The molecule has 2 heterocycles. The van der Waals surface area contributed by atoms with E-state index in [1.165, 1.54) is 0 Å². The summed E-state index contributed by atoms with van der Waals surface area (Å²) in [4.78, 5) is 12.6. The molecule has 2 aliphatic heterocycles. The molecule has 22 heavy (non-hydrogen) atoms. The largest absolute Gasteiger partial charge is 0.493 e. The molecule has 4 nitrogen and oxygen atoms in total. The van der Waals surface area contributed by atoms with Crippen LogP contribution in [0.15, 0.2) is 30.3 Å². The topological polar surface area (TPSA) is 47.6 Å². The molecule has 2 aliphatic rings. The Morgan fingerprint density at radius 1 is 1.14 bits per heavy atom. The first-order chi connectivity index (χ1) is 10.7. The molecule has 0 bridgehead atoms. The lowest BCUT2D eigenvalue weighted by molar-refractivity contribution is 0.102. The highest BCUT2D eigenvalue weighted by Gasteiger charge is 2.27. The normalized spacial score (nSPS) is 14.8. The van der Waals surface area contributed by atoms with Crippen LogP contribution in [0, 0.1) is 6.92 Å². The predicted molar refractivity (Wildman–Crippen MR) is 84.0 cm³/mol. The molecule has 112 valence electrons. The lowest BCUT2D eigenvalue weighted by Gasteiger charge is -2.14. The van der Waals surface area contributed by atoms with Gasteiger partial charge in [-0.3, -0.25) is 4.79 Å². The van der Waals surface area contributed by atoms with E-state index in [4.69, 9.17) is 9.47 Å². The average Bonchev–Trinajstić information content (AvgIpc) is 3.15. The lowest BCUT2D eigenvalue weighted by Crippen LogP contribution is -2.15. The second-order valence-corrected chi connectivity index (χ2v) is 5.68. The number of aryl methyl sites for hydroxylation is 1. The van der Waals surface area contributed by atoms with Crippen molar-refractivity contribution in [3.05, 3.63) is 52.6 Å². The highest BCUT2D eigenvalue weighted by atomic mass is 16.5. The summed E-state index contributed by atoms with van der Waals surface area (Å²) in [5.74, 6) is 1.59. The molecule has 1 N–H and O–H groups in total. The number of carbonyl (C=O) groups excluding carboxylic acids is 1. The van der Waals surface area contributed by atoms with E-state index < -0.39 is 0 Å². The molecule has 2 aromatic carbocycles. The van der Waals surface area contributed by atoms with E-state index in [1.54, 1.807) is 0 Å². The Balaban J connectivity index is 1.75. The van der Waals surface area contributed by atoms with Gasteiger partial charge in [-0.15, -0.1) is 0 Å². The van der Waals surface area contributed by atoms with Crippen molar-refractivity contribution in [3.8, 4) is 11.5 Å². The van der Waals surface area contributed by atoms with Gasteiger partial charge in [0, 0.05) is 29.5 Å². The van der Waals surface area contributed by atoms with Gasteiger partial charge in [-0.05, 0) is 24.6 Å². The van der Waals surface area contributed by atoms with Gasteiger partial charge in [0.2, 0.25) is 0 Å². The molecule has 0 saturated heterocycles. The van der Waals surface area contributed by atoms with Crippen molar-refractivity contribution in [3.63, 3.8) is 0 Å². The number of nitrogens with one attached hydrogen (secondary N) is 1. The van der Waals surface area contributed by atoms with Gasteiger partial charge in [-0.2, -0.15) is 0 Å². The smallest absolute Gasteiger partial charge is 0.256 e. The Bertz CT molecular complexity index is 735. The summed E-state index contributed by atoms with van der Waals surface area (Å²) < 4.78 is 11.4. The van der Waals surface area contributed by atoms with Crippen LogP contribution < -0.4 is 14.8 Å². The fourth-order valence-electron chi connectivity index (χ4n) is 3.13. The molecule has 2 aromatic rings. The first-order valence-corrected chi connectivity index (χ1v) is 7.55. The number of hydrogen-bond acceptors (Lipinski definition) is 3. The Morgan fingerprint density at radius 3 is 2.82 bits per heavy atom. The zero-order valence-electron chi connectivity index (χ0n) is 12.4. The van der Waals surface area contributed by atoms with Gasteiger partial charge in [0.15, 0.2) is 0 Å². The molecule has 0 unspecified atom stereocenters. The Hall–Kier alpha value is -2.49. The van der Waals surface area contributed by atoms with E-state index in [0.29, 0.717) is 18.8 Å². The van der Waals surface area contributed by atoms with Crippen LogP contribution >= 0.6 is 0 Å².